The van der Waals surface area contributed by atoms with Crippen molar-refractivity contribution in [2.75, 3.05) is 31.2 Å². The predicted molar refractivity (Wildman–Crippen MR) is 148 cm³/mol. The number of amides is 2. The zero-order valence-corrected chi connectivity index (χ0v) is 23.6. The van der Waals surface area contributed by atoms with Crippen molar-refractivity contribution in [3.8, 4) is 0 Å². The van der Waals surface area contributed by atoms with Crippen molar-refractivity contribution >= 4 is 51.0 Å². The van der Waals surface area contributed by atoms with Crippen molar-refractivity contribution in [2.24, 2.45) is 11.8 Å². The minimum Gasteiger partial charge on any atom is -0.465 e. The molecule has 3 aliphatic heterocycles. The van der Waals surface area contributed by atoms with Crippen LogP contribution in [-0.4, -0.2) is 76.7 Å². The summed E-state index contributed by atoms with van der Waals surface area (Å²) < 4.78 is 12.1. The van der Waals surface area contributed by atoms with Gasteiger partial charge >= 0.3 is 5.97 Å². The van der Waals surface area contributed by atoms with E-state index in [1.165, 1.54) is 4.90 Å². The van der Waals surface area contributed by atoms with Gasteiger partial charge in [-0.1, -0.05) is 39.7 Å². The van der Waals surface area contributed by atoms with E-state index in [1.54, 1.807) is 35.2 Å². The van der Waals surface area contributed by atoms with E-state index in [4.69, 9.17) is 21.1 Å². The van der Waals surface area contributed by atoms with Crippen LogP contribution < -0.4 is 4.90 Å². The molecule has 10 heteroatoms. The van der Waals surface area contributed by atoms with Crippen molar-refractivity contribution in [2.45, 2.75) is 54.7 Å². The average molecular weight is 610 g/mol. The fourth-order valence-corrected chi connectivity index (χ4v) is 7.11. The highest BCUT2D eigenvalue weighted by atomic mass is 79.9. The summed E-state index contributed by atoms with van der Waals surface area (Å²) in [5.41, 5.74) is -0.590. The van der Waals surface area contributed by atoms with Gasteiger partial charge in [0.15, 0.2) is 0 Å². The summed E-state index contributed by atoms with van der Waals surface area (Å²) in [5, 5.41) is 10.1. The lowest BCUT2D eigenvalue weighted by atomic mass is 9.70. The Morgan fingerprint density at radius 1 is 1.24 bits per heavy atom. The third-order valence-electron chi connectivity index (χ3n) is 7.62. The van der Waals surface area contributed by atoms with Gasteiger partial charge in [0, 0.05) is 35.2 Å². The minimum atomic E-state index is -1.19. The number of fused-ring (bicyclic) bond motifs is 1. The maximum absolute atomic E-state index is 14.3. The number of carbonyl (C=O) groups excluding carboxylic acids is 3. The molecule has 2 bridgehead atoms. The lowest BCUT2D eigenvalue weighted by molar-refractivity contribution is -0.155. The molecular weight excluding hydrogens is 576 g/mol. The molecule has 0 radical (unpaired) electrons. The molecular formula is C28H34BrClN2O6. The molecule has 0 aromatic heterocycles. The second-order valence-corrected chi connectivity index (χ2v) is 11.6. The first kappa shape index (κ1) is 28.8. The number of carbonyl (C=O) groups is 3. The summed E-state index contributed by atoms with van der Waals surface area (Å²) in [5.74, 6) is -2.79. The molecule has 6 atom stereocenters. The van der Waals surface area contributed by atoms with E-state index in [0.29, 0.717) is 30.0 Å². The number of likely N-dealkylation sites (tertiary alicyclic amines) is 1. The molecule has 3 unspecified atom stereocenters. The van der Waals surface area contributed by atoms with Gasteiger partial charge in [0.25, 0.3) is 5.91 Å². The molecule has 3 fully saturated rings. The monoisotopic (exact) mass is 608 g/mol. The topological polar surface area (TPSA) is 96.4 Å². The molecule has 2 amide bonds. The maximum atomic E-state index is 14.3. The van der Waals surface area contributed by atoms with Crippen LogP contribution in [0.25, 0.3) is 0 Å². The number of allylic oxidation sites excluding steroid dienone is 1. The Balaban J connectivity index is 1.67. The number of unbranched alkanes of at least 4 members (excludes halogenated alkanes) is 2. The highest BCUT2D eigenvalue weighted by Gasteiger charge is 2.77. The Morgan fingerprint density at radius 2 is 1.97 bits per heavy atom. The third-order valence-corrected chi connectivity index (χ3v) is 8.71. The third kappa shape index (κ3) is 5.18. The maximum Gasteiger partial charge on any atom is 0.312 e. The van der Waals surface area contributed by atoms with E-state index in [0.717, 1.165) is 12.8 Å². The smallest absolute Gasteiger partial charge is 0.312 e. The number of halogens is 2. The molecule has 3 saturated heterocycles. The van der Waals surface area contributed by atoms with Crippen molar-refractivity contribution in [1.29, 1.82) is 0 Å². The summed E-state index contributed by atoms with van der Waals surface area (Å²) in [6.07, 6.45) is 5.92. The Kier molecular flexibility index (Phi) is 9.34. The number of alkyl halides is 1. The summed E-state index contributed by atoms with van der Waals surface area (Å²) in [4.78, 5) is 44.3. The van der Waals surface area contributed by atoms with Crippen molar-refractivity contribution < 1.29 is 29.0 Å². The number of aliphatic hydroxyl groups is 1. The van der Waals surface area contributed by atoms with E-state index >= 15 is 0 Å². The van der Waals surface area contributed by atoms with Crippen LogP contribution in [0, 0.1) is 11.8 Å². The SMILES string of the molecule is C=CCCCCOC(=O)[C@H]1[C@@H]2OC3(CC2Br)C(C(=O)N(CC=C)c2ccc(Cl)cc2)N(CCCO)C(=O)[C@H]13. The van der Waals surface area contributed by atoms with Crippen molar-refractivity contribution in [3.63, 3.8) is 0 Å². The van der Waals surface area contributed by atoms with Gasteiger partial charge in [-0.15, -0.1) is 13.2 Å². The largest absolute Gasteiger partial charge is 0.465 e. The van der Waals surface area contributed by atoms with E-state index in [9.17, 15) is 19.5 Å². The number of benzene rings is 1. The minimum absolute atomic E-state index is 0.142. The van der Waals surface area contributed by atoms with Gasteiger partial charge in [-0.2, -0.15) is 0 Å². The lowest BCUT2D eigenvalue weighted by Crippen LogP contribution is -2.57. The lowest BCUT2D eigenvalue weighted by Gasteiger charge is -2.37. The molecule has 206 valence electrons. The number of anilines is 1. The Hall–Kier alpha value is -2.20. The van der Waals surface area contributed by atoms with Crippen LogP contribution >= 0.6 is 27.5 Å². The quantitative estimate of drug-likeness (QED) is 0.158. The molecule has 0 aliphatic carbocycles. The van der Waals surface area contributed by atoms with Crippen LogP contribution in [0.3, 0.4) is 0 Å². The van der Waals surface area contributed by atoms with Gasteiger partial charge in [-0.05, 0) is 56.4 Å². The molecule has 3 heterocycles. The van der Waals surface area contributed by atoms with Crippen molar-refractivity contribution in [3.05, 3.63) is 54.6 Å². The van der Waals surface area contributed by atoms with Gasteiger partial charge in [0.2, 0.25) is 5.91 Å². The Morgan fingerprint density at radius 3 is 2.63 bits per heavy atom. The zero-order chi connectivity index (χ0) is 27.4. The standard InChI is InChI=1S/C28H34BrClN2O6/c1-3-5-6-7-16-37-27(36)21-22-25(34)32(14-8-15-33)24(28(22)17-20(29)23(21)38-28)26(35)31(13-4-2)19-11-9-18(30)10-12-19/h3-4,9-12,20-24,33H,1-2,5-8,13-17H2/t20?,21-,22+,23-,24?,28?/m1/s1. The summed E-state index contributed by atoms with van der Waals surface area (Å²) in [7, 11) is 0. The normalized spacial score (nSPS) is 29.3. The number of hydrogen-bond donors (Lipinski definition) is 1. The molecule has 1 spiro atoms. The first-order valence-corrected chi connectivity index (χ1v) is 14.3. The number of ether oxygens (including phenoxy) is 2. The van der Waals surface area contributed by atoms with Crippen molar-refractivity contribution in [1.82, 2.24) is 4.90 Å². The van der Waals surface area contributed by atoms with Crippen LogP contribution in [0.1, 0.15) is 32.1 Å². The Bertz CT molecular complexity index is 1070. The fraction of sp³-hybridized carbons (Fsp3) is 0.536. The van der Waals surface area contributed by atoms with Crippen LogP contribution in [0.2, 0.25) is 5.02 Å². The number of rotatable bonds is 13. The molecule has 3 aliphatic rings. The van der Waals surface area contributed by atoms with Gasteiger partial charge in [-0.25, -0.2) is 0 Å². The zero-order valence-electron chi connectivity index (χ0n) is 21.3. The second kappa shape index (κ2) is 12.3. The van der Waals surface area contributed by atoms with Crippen LogP contribution in [0.15, 0.2) is 49.6 Å². The number of esters is 1. The molecule has 8 nitrogen and oxygen atoms in total. The number of aliphatic hydroxyl groups excluding tert-OH is 1. The highest BCUT2D eigenvalue weighted by Crippen LogP contribution is 2.60. The van der Waals surface area contributed by atoms with Gasteiger partial charge < -0.3 is 24.4 Å². The first-order chi connectivity index (χ1) is 18.3. The van der Waals surface area contributed by atoms with Gasteiger partial charge in [0.1, 0.15) is 11.6 Å². The Labute approximate surface area is 236 Å². The predicted octanol–water partition coefficient (Wildman–Crippen LogP) is 3.89. The second-order valence-electron chi connectivity index (χ2n) is 9.94. The van der Waals surface area contributed by atoms with E-state index in [-0.39, 0.29) is 42.9 Å². The molecule has 1 N–H and O–H groups in total. The van der Waals surface area contributed by atoms with E-state index in [1.807, 2.05) is 6.08 Å². The number of hydrogen-bond acceptors (Lipinski definition) is 6. The van der Waals surface area contributed by atoms with Crippen LogP contribution in [0.4, 0.5) is 5.69 Å². The fourth-order valence-electron chi connectivity index (χ4n) is 6.04. The molecule has 0 saturated carbocycles. The van der Waals surface area contributed by atoms with Crippen LogP contribution in [-0.2, 0) is 23.9 Å². The average Bonchev–Trinajstić information content (AvgIpc) is 3.49. The highest BCUT2D eigenvalue weighted by molar-refractivity contribution is 9.09. The molecule has 4 rings (SSSR count). The molecule has 1 aromatic rings. The number of nitrogens with zero attached hydrogens (tertiary/aromatic N) is 2. The molecule has 38 heavy (non-hydrogen) atoms. The van der Waals surface area contributed by atoms with Gasteiger partial charge in [-0.3, -0.25) is 14.4 Å². The first-order valence-electron chi connectivity index (χ1n) is 13.0. The van der Waals surface area contributed by atoms with E-state index < -0.39 is 35.6 Å². The van der Waals surface area contributed by atoms with E-state index in [2.05, 4.69) is 29.1 Å². The van der Waals surface area contributed by atoms with Gasteiger partial charge in [0.05, 0.1) is 24.5 Å². The summed E-state index contributed by atoms with van der Waals surface area (Å²) >= 11 is 9.73. The summed E-state index contributed by atoms with van der Waals surface area (Å²) in [6, 6.07) is 5.88. The molecule has 1 aromatic carbocycles. The van der Waals surface area contributed by atoms with Crippen LogP contribution in [0.5, 0.6) is 0 Å². The summed E-state index contributed by atoms with van der Waals surface area (Å²) in [6.45, 7) is 7.98.